The van der Waals surface area contributed by atoms with Crippen molar-refractivity contribution in [2.75, 3.05) is 11.4 Å². The van der Waals surface area contributed by atoms with Crippen molar-refractivity contribution < 1.29 is 14.5 Å². The molecule has 2 fully saturated rings. The highest BCUT2D eigenvalue weighted by molar-refractivity contribution is 6.11. The molecule has 2 aliphatic heterocycles. The molecule has 1 aromatic carbocycles. The quantitative estimate of drug-likeness (QED) is 0.437. The van der Waals surface area contributed by atoms with E-state index in [1.807, 2.05) is 13.8 Å². The molecule has 0 bridgehead atoms. The van der Waals surface area contributed by atoms with E-state index in [0.29, 0.717) is 19.3 Å². The zero-order valence-electron chi connectivity index (χ0n) is 15.3. The Kier molecular flexibility index (Phi) is 3.72. The van der Waals surface area contributed by atoms with Gasteiger partial charge in [-0.15, -0.1) is 0 Å². The fraction of sp³-hybridized carbons (Fsp3) is 0.600. The summed E-state index contributed by atoms with van der Waals surface area (Å²) in [5.74, 6) is 0.0422. The van der Waals surface area contributed by atoms with Crippen LogP contribution in [0.5, 0.6) is 0 Å². The van der Waals surface area contributed by atoms with Crippen molar-refractivity contribution >= 4 is 22.9 Å². The largest absolute Gasteiger partial charge is 0.367 e. The topological polar surface area (TPSA) is 80.5 Å². The minimum atomic E-state index is -1.03. The van der Waals surface area contributed by atoms with Crippen LogP contribution in [-0.2, 0) is 16.0 Å². The van der Waals surface area contributed by atoms with Crippen LogP contribution >= 0.6 is 0 Å². The van der Waals surface area contributed by atoms with Crippen LogP contribution in [0.3, 0.4) is 0 Å². The van der Waals surface area contributed by atoms with Gasteiger partial charge in [0.2, 0.25) is 0 Å². The summed E-state index contributed by atoms with van der Waals surface area (Å²) in [7, 11) is 0. The second-order valence-corrected chi connectivity index (χ2v) is 8.79. The van der Waals surface area contributed by atoms with Gasteiger partial charge in [-0.1, -0.05) is 13.8 Å². The molecular formula is C20H24N2O4. The fourth-order valence-corrected chi connectivity index (χ4v) is 5.23. The number of nitrogens with zero attached hydrogens (tertiary/aromatic N) is 2. The van der Waals surface area contributed by atoms with E-state index >= 15 is 0 Å². The molecular weight excluding hydrogens is 332 g/mol. The number of anilines is 1. The van der Waals surface area contributed by atoms with Crippen molar-refractivity contribution in [2.24, 2.45) is 10.8 Å². The van der Waals surface area contributed by atoms with Gasteiger partial charge in [0.25, 0.3) is 5.69 Å². The van der Waals surface area contributed by atoms with Gasteiger partial charge in [0.15, 0.2) is 0 Å². The van der Waals surface area contributed by atoms with Crippen LogP contribution in [0.2, 0.25) is 0 Å². The normalized spacial score (nSPS) is 26.4. The SMILES string of the molecule is CC1(C)CC(=O)C2(Cc3cc([N+](=O)[O-])ccc3N3CCCCC32)C(=O)C1. The average molecular weight is 356 g/mol. The van der Waals surface area contributed by atoms with Gasteiger partial charge < -0.3 is 4.90 Å². The van der Waals surface area contributed by atoms with Crippen LogP contribution in [0, 0.1) is 20.9 Å². The molecule has 138 valence electrons. The van der Waals surface area contributed by atoms with Crippen molar-refractivity contribution in [3.05, 3.63) is 33.9 Å². The van der Waals surface area contributed by atoms with Gasteiger partial charge >= 0.3 is 0 Å². The van der Waals surface area contributed by atoms with Crippen LogP contribution < -0.4 is 4.90 Å². The van der Waals surface area contributed by atoms with Gasteiger partial charge in [-0.3, -0.25) is 19.7 Å². The number of carbonyl (C=O) groups excluding carboxylic acids is 2. The summed E-state index contributed by atoms with van der Waals surface area (Å²) in [5.41, 5.74) is 0.403. The van der Waals surface area contributed by atoms with Crippen LogP contribution in [0.1, 0.15) is 51.5 Å². The van der Waals surface area contributed by atoms with Gasteiger partial charge in [-0.05, 0) is 42.7 Å². The van der Waals surface area contributed by atoms with Crippen LogP contribution in [0.15, 0.2) is 18.2 Å². The number of hydrogen-bond acceptors (Lipinski definition) is 5. The van der Waals surface area contributed by atoms with Gasteiger partial charge in [-0.2, -0.15) is 0 Å². The molecule has 1 saturated heterocycles. The minimum absolute atomic E-state index is 0.0189. The van der Waals surface area contributed by atoms with E-state index in [1.165, 1.54) is 6.07 Å². The Morgan fingerprint density at radius 2 is 1.81 bits per heavy atom. The fourth-order valence-electron chi connectivity index (χ4n) is 5.23. The van der Waals surface area contributed by atoms with Crippen molar-refractivity contribution in [3.8, 4) is 0 Å². The maximum Gasteiger partial charge on any atom is 0.269 e. The predicted octanol–water partition coefficient (Wildman–Crippen LogP) is 3.45. The summed E-state index contributed by atoms with van der Waals surface area (Å²) in [5, 5.41) is 11.2. The molecule has 1 aliphatic carbocycles. The lowest BCUT2D eigenvalue weighted by Gasteiger charge is -2.54. The molecule has 0 aromatic heterocycles. The molecule has 1 aromatic rings. The molecule has 0 amide bonds. The lowest BCUT2D eigenvalue weighted by Crippen LogP contribution is -2.64. The number of Topliss-reactive ketones (excluding diaryl/α,β-unsaturated/α-hetero) is 2. The van der Waals surface area contributed by atoms with Gasteiger partial charge in [-0.25, -0.2) is 0 Å². The lowest BCUT2D eigenvalue weighted by molar-refractivity contribution is -0.384. The zero-order valence-corrected chi connectivity index (χ0v) is 15.3. The summed E-state index contributed by atoms with van der Waals surface area (Å²) in [4.78, 5) is 39.6. The Bertz CT molecular complexity index is 794. The first-order chi connectivity index (χ1) is 12.2. The molecule has 1 spiro atoms. The number of nitro benzene ring substituents is 1. The van der Waals surface area contributed by atoms with E-state index in [2.05, 4.69) is 4.90 Å². The summed E-state index contributed by atoms with van der Waals surface area (Å²) in [6, 6.07) is 4.76. The Morgan fingerprint density at radius 3 is 2.46 bits per heavy atom. The summed E-state index contributed by atoms with van der Waals surface area (Å²) >= 11 is 0. The first-order valence-corrected chi connectivity index (χ1v) is 9.35. The number of fused-ring (bicyclic) bond motifs is 4. The third kappa shape index (κ3) is 2.38. The van der Waals surface area contributed by atoms with Crippen molar-refractivity contribution in [2.45, 2.75) is 58.4 Å². The monoisotopic (exact) mass is 356 g/mol. The summed E-state index contributed by atoms with van der Waals surface area (Å²) < 4.78 is 0. The maximum absolute atomic E-state index is 13.3. The van der Waals surface area contributed by atoms with E-state index in [-0.39, 0.29) is 28.7 Å². The van der Waals surface area contributed by atoms with Crippen molar-refractivity contribution in [3.63, 3.8) is 0 Å². The second-order valence-electron chi connectivity index (χ2n) is 8.79. The number of ketones is 2. The number of piperidine rings is 1. The van der Waals surface area contributed by atoms with Crippen LogP contribution in [0.25, 0.3) is 0 Å². The molecule has 6 nitrogen and oxygen atoms in total. The Morgan fingerprint density at radius 1 is 1.12 bits per heavy atom. The molecule has 1 unspecified atom stereocenters. The molecule has 1 atom stereocenters. The van der Waals surface area contributed by atoms with Crippen molar-refractivity contribution in [1.82, 2.24) is 0 Å². The number of carbonyl (C=O) groups is 2. The highest BCUT2D eigenvalue weighted by atomic mass is 16.6. The number of nitro groups is 1. The Hall–Kier alpha value is -2.24. The number of benzene rings is 1. The summed E-state index contributed by atoms with van der Waals surface area (Å²) in [6.45, 7) is 4.73. The first-order valence-electron chi connectivity index (χ1n) is 9.35. The standard InChI is InChI=1S/C20H24N2O4/c1-19(2)11-17(23)20(18(24)12-19)10-13-9-14(22(25)26)6-7-15(13)21-8-4-3-5-16(20)21/h6-7,9,16H,3-5,8,10-12H2,1-2H3. The molecule has 2 heterocycles. The van der Waals surface area contributed by atoms with Gasteiger partial charge in [0.05, 0.1) is 4.92 Å². The predicted molar refractivity (Wildman–Crippen MR) is 97.2 cm³/mol. The minimum Gasteiger partial charge on any atom is -0.367 e. The Labute approximate surface area is 152 Å². The smallest absolute Gasteiger partial charge is 0.269 e. The van der Waals surface area contributed by atoms with E-state index < -0.39 is 10.3 Å². The second kappa shape index (κ2) is 5.63. The molecule has 0 radical (unpaired) electrons. The van der Waals surface area contributed by atoms with Crippen LogP contribution in [-0.4, -0.2) is 29.1 Å². The van der Waals surface area contributed by atoms with E-state index in [4.69, 9.17) is 0 Å². The molecule has 3 aliphatic rings. The lowest BCUT2D eigenvalue weighted by atomic mass is 9.55. The van der Waals surface area contributed by atoms with Crippen LogP contribution in [0.4, 0.5) is 11.4 Å². The number of hydrogen-bond donors (Lipinski definition) is 0. The van der Waals surface area contributed by atoms with E-state index in [0.717, 1.165) is 37.1 Å². The molecule has 1 saturated carbocycles. The third-order valence-electron chi connectivity index (χ3n) is 6.40. The van der Waals surface area contributed by atoms with E-state index in [1.54, 1.807) is 12.1 Å². The third-order valence-corrected chi connectivity index (χ3v) is 6.40. The first kappa shape index (κ1) is 17.2. The molecule has 26 heavy (non-hydrogen) atoms. The Balaban J connectivity index is 1.86. The number of rotatable bonds is 1. The maximum atomic E-state index is 13.3. The molecule has 4 rings (SSSR count). The number of non-ortho nitro benzene ring substituents is 1. The molecule has 6 heteroatoms. The molecule has 0 N–H and O–H groups in total. The zero-order chi connectivity index (χ0) is 18.7. The van der Waals surface area contributed by atoms with E-state index in [9.17, 15) is 19.7 Å². The van der Waals surface area contributed by atoms with Gasteiger partial charge in [0.1, 0.15) is 17.0 Å². The average Bonchev–Trinajstić information content (AvgIpc) is 2.58. The van der Waals surface area contributed by atoms with Crippen molar-refractivity contribution in [1.29, 1.82) is 0 Å². The highest BCUT2D eigenvalue weighted by Crippen LogP contribution is 2.52. The summed E-state index contributed by atoms with van der Waals surface area (Å²) in [6.07, 6.45) is 3.94. The highest BCUT2D eigenvalue weighted by Gasteiger charge is 2.59. The van der Waals surface area contributed by atoms with Gasteiger partial charge in [0, 0.05) is 43.2 Å².